The van der Waals surface area contributed by atoms with Crippen LogP contribution in [0.1, 0.15) is 15.9 Å². The average molecular weight is 263 g/mol. The normalized spacial score (nSPS) is 10.7. The zero-order valence-corrected chi connectivity index (χ0v) is 8.84. The molecule has 0 amide bonds. The number of nitriles is 1. The topological polar surface area (TPSA) is 59.3 Å². The molecule has 0 fully saturated rings. The molecular formula is C10H5F4NO3. The molecule has 1 aromatic rings. The van der Waals surface area contributed by atoms with Crippen LogP contribution in [-0.4, -0.2) is 19.4 Å². The molecule has 1 rings (SSSR count). The number of alkyl halides is 3. The lowest BCUT2D eigenvalue weighted by atomic mass is 10.1. The van der Waals surface area contributed by atoms with E-state index in [4.69, 9.17) is 5.26 Å². The Kier molecular flexibility index (Phi) is 3.76. The molecular weight excluding hydrogens is 258 g/mol. The van der Waals surface area contributed by atoms with Crippen molar-refractivity contribution in [1.82, 2.24) is 0 Å². The van der Waals surface area contributed by atoms with Gasteiger partial charge in [-0.15, -0.1) is 13.2 Å². The number of hydrogen-bond acceptors (Lipinski definition) is 4. The van der Waals surface area contributed by atoms with E-state index < -0.39 is 35.0 Å². The Hall–Kier alpha value is -2.30. The van der Waals surface area contributed by atoms with E-state index in [1.54, 1.807) is 0 Å². The van der Waals surface area contributed by atoms with Crippen LogP contribution in [0.4, 0.5) is 17.6 Å². The van der Waals surface area contributed by atoms with Crippen LogP contribution in [0.3, 0.4) is 0 Å². The van der Waals surface area contributed by atoms with Crippen molar-refractivity contribution in [2.75, 3.05) is 7.11 Å². The summed E-state index contributed by atoms with van der Waals surface area (Å²) in [6, 6.07) is 2.46. The van der Waals surface area contributed by atoms with E-state index in [1.807, 2.05) is 0 Å². The van der Waals surface area contributed by atoms with Crippen molar-refractivity contribution in [3.63, 3.8) is 0 Å². The number of carbonyl (C=O) groups excluding carboxylic acids is 1. The fraction of sp³-hybridized carbons (Fsp3) is 0.200. The minimum atomic E-state index is -5.06. The van der Waals surface area contributed by atoms with E-state index in [2.05, 4.69) is 9.47 Å². The fourth-order valence-corrected chi connectivity index (χ4v) is 1.18. The molecule has 0 bridgehead atoms. The number of methoxy groups -OCH3 is 1. The zero-order valence-electron chi connectivity index (χ0n) is 8.84. The monoisotopic (exact) mass is 263 g/mol. The molecule has 0 saturated heterocycles. The third kappa shape index (κ3) is 2.88. The maximum atomic E-state index is 13.3. The summed E-state index contributed by atoms with van der Waals surface area (Å²) >= 11 is 0. The molecule has 0 aliphatic heterocycles. The molecule has 0 aromatic heterocycles. The maximum Gasteiger partial charge on any atom is 0.573 e. The van der Waals surface area contributed by atoms with E-state index in [9.17, 15) is 22.4 Å². The Morgan fingerprint density at radius 1 is 1.39 bits per heavy atom. The van der Waals surface area contributed by atoms with E-state index in [0.29, 0.717) is 12.1 Å². The van der Waals surface area contributed by atoms with Crippen molar-refractivity contribution in [3.05, 3.63) is 29.1 Å². The number of benzene rings is 1. The molecule has 0 unspecified atom stereocenters. The predicted molar refractivity (Wildman–Crippen MR) is 49.1 cm³/mol. The fourth-order valence-electron chi connectivity index (χ4n) is 1.18. The zero-order chi connectivity index (χ0) is 13.9. The lowest BCUT2D eigenvalue weighted by Crippen LogP contribution is -2.19. The minimum Gasteiger partial charge on any atom is -0.465 e. The van der Waals surface area contributed by atoms with Gasteiger partial charge in [-0.25, -0.2) is 9.18 Å². The molecule has 0 saturated carbocycles. The Bertz CT molecular complexity index is 519. The van der Waals surface area contributed by atoms with Gasteiger partial charge in [0.2, 0.25) is 0 Å². The molecule has 4 nitrogen and oxygen atoms in total. The standard InChI is InChI=1S/C10H5F4NO3/c1-17-9(16)8-5(4-15)7(3-2-6(8)11)18-10(12,13)14/h2-3H,1H3. The van der Waals surface area contributed by atoms with E-state index in [-0.39, 0.29) is 0 Å². The first kappa shape index (κ1) is 13.8. The quantitative estimate of drug-likeness (QED) is 0.607. The smallest absolute Gasteiger partial charge is 0.465 e. The molecule has 0 aliphatic carbocycles. The van der Waals surface area contributed by atoms with Crippen LogP contribution in [0.5, 0.6) is 5.75 Å². The Morgan fingerprint density at radius 2 is 2.00 bits per heavy atom. The van der Waals surface area contributed by atoms with Crippen molar-refractivity contribution >= 4 is 5.97 Å². The molecule has 0 radical (unpaired) electrons. The van der Waals surface area contributed by atoms with Crippen molar-refractivity contribution in [1.29, 1.82) is 5.26 Å². The van der Waals surface area contributed by atoms with Crippen molar-refractivity contribution in [3.8, 4) is 11.8 Å². The molecule has 0 N–H and O–H groups in total. The van der Waals surface area contributed by atoms with Gasteiger partial charge in [0.1, 0.15) is 28.8 Å². The van der Waals surface area contributed by atoms with Gasteiger partial charge in [-0.1, -0.05) is 0 Å². The summed E-state index contributed by atoms with van der Waals surface area (Å²) in [7, 11) is 0.903. The van der Waals surface area contributed by atoms with Gasteiger partial charge in [0.05, 0.1) is 7.11 Å². The Labute approximate surface area is 98.3 Å². The van der Waals surface area contributed by atoms with Crippen molar-refractivity contribution < 1.29 is 31.8 Å². The number of nitrogens with zero attached hydrogens (tertiary/aromatic N) is 1. The maximum absolute atomic E-state index is 13.3. The second kappa shape index (κ2) is 4.91. The minimum absolute atomic E-state index is 0.578. The van der Waals surface area contributed by atoms with Crippen LogP contribution in [-0.2, 0) is 4.74 Å². The third-order valence-corrected chi connectivity index (χ3v) is 1.84. The highest BCUT2D eigenvalue weighted by Crippen LogP contribution is 2.29. The molecule has 8 heteroatoms. The Morgan fingerprint density at radius 3 is 2.44 bits per heavy atom. The predicted octanol–water partition coefficient (Wildman–Crippen LogP) is 2.38. The Balaban J connectivity index is 3.40. The summed E-state index contributed by atoms with van der Waals surface area (Å²) < 4.78 is 57.1. The van der Waals surface area contributed by atoms with E-state index in [1.165, 1.54) is 6.07 Å². The SMILES string of the molecule is COC(=O)c1c(F)ccc(OC(F)(F)F)c1C#N. The second-order valence-corrected chi connectivity index (χ2v) is 2.95. The first-order valence-corrected chi connectivity index (χ1v) is 4.36. The van der Waals surface area contributed by atoms with E-state index >= 15 is 0 Å². The van der Waals surface area contributed by atoms with Crippen LogP contribution in [0.25, 0.3) is 0 Å². The van der Waals surface area contributed by atoms with Crippen LogP contribution in [0, 0.1) is 17.1 Å². The highest BCUT2D eigenvalue weighted by atomic mass is 19.4. The largest absolute Gasteiger partial charge is 0.573 e. The molecule has 1 aromatic carbocycles. The highest BCUT2D eigenvalue weighted by molar-refractivity contribution is 5.93. The number of halogens is 4. The number of hydrogen-bond donors (Lipinski definition) is 0. The number of esters is 1. The van der Waals surface area contributed by atoms with Crippen LogP contribution in [0.15, 0.2) is 12.1 Å². The van der Waals surface area contributed by atoms with Gasteiger partial charge in [-0.05, 0) is 12.1 Å². The summed E-state index contributed by atoms with van der Waals surface area (Å²) in [6.07, 6.45) is -5.06. The van der Waals surface area contributed by atoms with Gasteiger partial charge in [-0.3, -0.25) is 0 Å². The van der Waals surface area contributed by atoms with Crippen LogP contribution in [0.2, 0.25) is 0 Å². The number of rotatable bonds is 2. The molecule has 0 atom stereocenters. The summed E-state index contributed by atoms with van der Waals surface area (Å²) in [4.78, 5) is 11.2. The van der Waals surface area contributed by atoms with Gasteiger partial charge in [0, 0.05) is 0 Å². The summed E-state index contributed by atoms with van der Waals surface area (Å²) in [5.41, 5.74) is -1.78. The summed E-state index contributed by atoms with van der Waals surface area (Å²) in [5.74, 6) is -3.41. The number of ether oxygens (including phenoxy) is 2. The van der Waals surface area contributed by atoms with E-state index in [0.717, 1.165) is 7.11 Å². The molecule has 18 heavy (non-hydrogen) atoms. The lowest BCUT2D eigenvalue weighted by molar-refractivity contribution is -0.274. The van der Waals surface area contributed by atoms with Crippen LogP contribution >= 0.6 is 0 Å². The van der Waals surface area contributed by atoms with Gasteiger partial charge in [-0.2, -0.15) is 5.26 Å². The van der Waals surface area contributed by atoms with Gasteiger partial charge < -0.3 is 9.47 Å². The van der Waals surface area contributed by atoms with Crippen LogP contribution < -0.4 is 4.74 Å². The van der Waals surface area contributed by atoms with Crippen molar-refractivity contribution in [2.24, 2.45) is 0 Å². The lowest BCUT2D eigenvalue weighted by Gasteiger charge is -2.12. The third-order valence-electron chi connectivity index (χ3n) is 1.84. The molecule has 0 spiro atoms. The molecule has 0 heterocycles. The first-order valence-electron chi connectivity index (χ1n) is 4.36. The second-order valence-electron chi connectivity index (χ2n) is 2.95. The summed E-state index contributed by atoms with van der Waals surface area (Å²) in [5, 5.41) is 8.69. The summed E-state index contributed by atoms with van der Waals surface area (Å²) in [6.45, 7) is 0. The molecule has 96 valence electrons. The van der Waals surface area contributed by atoms with Gasteiger partial charge in [0.15, 0.2) is 0 Å². The van der Waals surface area contributed by atoms with Gasteiger partial charge in [0.25, 0.3) is 0 Å². The highest BCUT2D eigenvalue weighted by Gasteiger charge is 2.34. The molecule has 0 aliphatic rings. The van der Waals surface area contributed by atoms with Gasteiger partial charge >= 0.3 is 12.3 Å². The average Bonchev–Trinajstić information content (AvgIpc) is 2.28. The van der Waals surface area contributed by atoms with Crippen molar-refractivity contribution in [2.45, 2.75) is 6.36 Å². The number of carbonyl (C=O) groups is 1. The first-order chi connectivity index (χ1) is 8.30.